The van der Waals surface area contributed by atoms with Crippen LogP contribution in [0.15, 0.2) is 61.2 Å². The highest BCUT2D eigenvalue weighted by Gasteiger charge is 2.24. The van der Waals surface area contributed by atoms with E-state index in [1.807, 2.05) is 23.1 Å². The maximum atomic E-state index is 14.0. The number of hydrogen-bond acceptors (Lipinski definition) is 6. The SMILES string of the molecule is O=C(c1cnc(NCc2cccnc2)nc1)N1CCN(c2ccccc2F)CC1. The number of hydrogen-bond donors (Lipinski definition) is 1. The van der Waals surface area contributed by atoms with Crippen molar-refractivity contribution in [3.63, 3.8) is 0 Å². The minimum atomic E-state index is -0.241. The first-order chi connectivity index (χ1) is 14.2. The molecule has 4 rings (SSSR count). The van der Waals surface area contributed by atoms with Gasteiger partial charge in [-0.15, -0.1) is 0 Å². The van der Waals surface area contributed by atoms with Gasteiger partial charge in [0.2, 0.25) is 5.95 Å². The molecule has 1 saturated heterocycles. The molecular weight excluding hydrogens is 371 g/mol. The van der Waals surface area contributed by atoms with Crippen LogP contribution < -0.4 is 10.2 Å². The Kier molecular flexibility index (Phi) is 5.60. The summed E-state index contributed by atoms with van der Waals surface area (Å²) in [7, 11) is 0. The van der Waals surface area contributed by atoms with E-state index in [0.717, 1.165) is 5.56 Å². The average Bonchev–Trinajstić information content (AvgIpc) is 2.79. The third kappa shape index (κ3) is 4.48. The van der Waals surface area contributed by atoms with Crippen LogP contribution >= 0.6 is 0 Å². The second-order valence-electron chi connectivity index (χ2n) is 6.74. The predicted octanol–water partition coefficient (Wildman–Crippen LogP) is 2.59. The lowest BCUT2D eigenvalue weighted by Gasteiger charge is -2.36. The number of nitrogens with zero attached hydrogens (tertiary/aromatic N) is 5. The lowest BCUT2D eigenvalue weighted by atomic mass is 10.2. The summed E-state index contributed by atoms with van der Waals surface area (Å²) >= 11 is 0. The summed E-state index contributed by atoms with van der Waals surface area (Å²) in [6.45, 7) is 2.76. The van der Waals surface area contributed by atoms with E-state index in [2.05, 4.69) is 20.3 Å². The van der Waals surface area contributed by atoms with Crippen molar-refractivity contribution in [1.29, 1.82) is 0 Å². The summed E-state index contributed by atoms with van der Waals surface area (Å²) in [5.41, 5.74) is 2.03. The summed E-state index contributed by atoms with van der Waals surface area (Å²) < 4.78 is 14.0. The summed E-state index contributed by atoms with van der Waals surface area (Å²) in [5, 5.41) is 3.11. The van der Waals surface area contributed by atoms with E-state index in [1.54, 1.807) is 29.4 Å². The molecule has 1 amide bonds. The molecular formula is C21H21FN6O. The van der Waals surface area contributed by atoms with Gasteiger partial charge in [-0.25, -0.2) is 14.4 Å². The highest BCUT2D eigenvalue weighted by molar-refractivity contribution is 5.93. The Bertz CT molecular complexity index is 958. The van der Waals surface area contributed by atoms with Crippen LogP contribution in [0.1, 0.15) is 15.9 Å². The van der Waals surface area contributed by atoms with Crippen LogP contribution in [0.3, 0.4) is 0 Å². The van der Waals surface area contributed by atoms with E-state index in [1.165, 1.54) is 18.5 Å². The standard InChI is InChI=1S/C21H21FN6O/c22-18-5-1-2-6-19(18)27-8-10-28(11-9-27)20(29)17-14-25-21(26-15-17)24-13-16-4-3-7-23-12-16/h1-7,12,14-15H,8-11,13H2,(H,24,25,26). The maximum absolute atomic E-state index is 14.0. The van der Waals surface area contributed by atoms with E-state index in [4.69, 9.17) is 0 Å². The van der Waals surface area contributed by atoms with Crippen LogP contribution in [0.4, 0.5) is 16.0 Å². The molecule has 1 aliphatic heterocycles. The lowest BCUT2D eigenvalue weighted by molar-refractivity contribution is 0.0746. The molecule has 0 saturated carbocycles. The van der Waals surface area contributed by atoms with Crippen LogP contribution in [0.2, 0.25) is 0 Å². The van der Waals surface area contributed by atoms with E-state index in [0.29, 0.717) is 49.9 Å². The molecule has 8 heteroatoms. The fourth-order valence-corrected chi connectivity index (χ4v) is 3.25. The number of carbonyl (C=O) groups excluding carboxylic acids is 1. The number of piperazine rings is 1. The zero-order chi connectivity index (χ0) is 20.1. The molecule has 3 heterocycles. The Morgan fingerprint density at radius 1 is 1.00 bits per heavy atom. The van der Waals surface area contributed by atoms with Gasteiger partial charge in [0.15, 0.2) is 0 Å². The highest BCUT2D eigenvalue weighted by atomic mass is 19.1. The van der Waals surface area contributed by atoms with Crippen molar-refractivity contribution in [2.75, 3.05) is 36.4 Å². The predicted molar refractivity (Wildman–Crippen MR) is 108 cm³/mol. The van der Waals surface area contributed by atoms with Crippen LogP contribution in [0.5, 0.6) is 0 Å². The third-order valence-electron chi connectivity index (χ3n) is 4.83. The number of benzene rings is 1. The lowest BCUT2D eigenvalue weighted by Crippen LogP contribution is -2.49. The van der Waals surface area contributed by atoms with Crippen LogP contribution in [0, 0.1) is 5.82 Å². The van der Waals surface area contributed by atoms with Gasteiger partial charge in [-0.3, -0.25) is 9.78 Å². The van der Waals surface area contributed by atoms with Gasteiger partial charge in [-0.05, 0) is 23.8 Å². The minimum Gasteiger partial charge on any atom is -0.366 e. The summed E-state index contributed by atoms with van der Waals surface area (Å²) in [5.74, 6) is 0.0989. The van der Waals surface area contributed by atoms with Gasteiger partial charge in [0, 0.05) is 57.5 Å². The number of pyridine rings is 1. The van der Waals surface area contributed by atoms with Gasteiger partial charge < -0.3 is 15.1 Å². The van der Waals surface area contributed by atoms with Gasteiger partial charge in [-0.2, -0.15) is 0 Å². The second-order valence-corrected chi connectivity index (χ2v) is 6.74. The van der Waals surface area contributed by atoms with Crippen LogP contribution in [-0.4, -0.2) is 51.9 Å². The minimum absolute atomic E-state index is 0.114. The number of halogens is 1. The molecule has 0 unspecified atom stereocenters. The van der Waals surface area contributed by atoms with Crippen molar-refractivity contribution >= 4 is 17.5 Å². The molecule has 0 spiro atoms. The molecule has 0 aliphatic carbocycles. The topological polar surface area (TPSA) is 74.2 Å². The van der Waals surface area contributed by atoms with Crippen molar-refractivity contribution in [2.24, 2.45) is 0 Å². The molecule has 29 heavy (non-hydrogen) atoms. The van der Waals surface area contributed by atoms with E-state index >= 15 is 0 Å². The fraction of sp³-hybridized carbons (Fsp3) is 0.238. The Labute approximate surface area is 168 Å². The zero-order valence-electron chi connectivity index (χ0n) is 15.8. The van der Waals surface area contributed by atoms with Gasteiger partial charge >= 0.3 is 0 Å². The number of nitrogens with one attached hydrogen (secondary N) is 1. The molecule has 7 nitrogen and oxygen atoms in total. The van der Waals surface area contributed by atoms with Crippen LogP contribution in [-0.2, 0) is 6.54 Å². The molecule has 0 atom stereocenters. The Hall–Kier alpha value is -3.55. The van der Waals surface area contributed by atoms with Crippen LogP contribution in [0.25, 0.3) is 0 Å². The first-order valence-corrected chi connectivity index (χ1v) is 9.44. The summed E-state index contributed by atoms with van der Waals surface area (Å²) in [6, 6.07) is 10.5. The van der Waals surface area contributed by atoms with E-state index in [-0.39, 0.29) is 11.7 Å². The van der Waals surface area contributed by atoms with E-state index in [9.17, 15) is 9.18 Å². The first kappa shape index (κ1) is 18.8. The van der Waals surface area contributed by atoms with Gasteiger partial charge in [0.25, 0.3) is 5.91 Å². The highest BCUT2D eigenvalue weighted by Crippen LogP contribution is 2.20. The number of rotatable bonds is 5. The van der Waals surface area contributed by atoms with Crippen molar-refractivity contribution in [2.45, 2.75) is 6.54 Å². The van der Waals surface area contributed by atoms with E-state index < -0.39 is 0 Å². The number of para-hydroxylation sites is 1. The smallest absolute Gasteiger partial charge is 0.257 e. The molecule has 1 aliphatic rings. The summed E-state index contributed by atoms with van der Waals surface area (Å²) in [4.78, 5) is 29.0. The Morgan fingerprint density at radius 3 is 2.45 bits per heavy atom. The monoisotopic (exact) mass is 392 g/mol. The molecule has 3 aromatic rings. The molecule has 0 bridgehead atoms. The maximum Gasteiger partial charge on any atom is 0.257 e. The molecule has 2 aromatic heterocycles. The molecule has 148 valence electrons. The third-order valence-corrected chi connectivity index (χ3v) is 4.83. The first-order valence-electron chi connectivity index (χ1n) is 9.44. The van der Waals surface area contributed by atoms with Crippen molar-refractivity contribution in [3.05, 3.63) is 78.1 Å². The number of aromatic nitrogens is 3. The average molecular weight is 392 g/mol. The number of carbonyl (C=O) groups is 1. The Morgan fingerprint density at radius 2 is 1.76 bits per heavy atom. The zero-order valence-corrected chi connectivity index (χ0v) is 15.8. The van der Waals surface area contributed by atoms with Crippen molar-refractivity contribution in [1.82, 2.24) is 19.9 Å². The summed E-state index contributed by atoms with van der Waals surface area (Å²) in [6.07, 6.45) is 6.55. The molecule has 1 fully saturated rings. The van der Waals surface area contributed by atoms with Crippen molar-refractivity contribution in [3.8, 4) is 0 Å². The van der Waals surface area contributed by atoms with Gasteiger partial charge in [0.1, 0.15) is 5.82 Å². The normalized spacial score (nSPS) is 14.0. The molecule has 0 radical (unpaired) electrons. The fourth-order valence-electron chi connectivity index (χ4n) is 3.25. The number of amides is 1. The Balaban J connectivity index is 1.32. The quantitative estimate of drug-likeness (QED) is 0.720. The second kappa shape index (κ2) is 8.64. The molecule has 1 N–H and O–H groups in total. The number of anilines is 2. The molecule has 1 aromatic carbocycles. The van der Waals surface area contributed by atoms with Crippen molar-refractivity contribution < 1.29 is 9.18 Å². The van der Waals surface area contributed by atoms with Gasteiger partial charge in [-0.1, -0.05) is 18.2 Å². The van der Waals surface area contributed by atoms with Gasteiger partial charge in [0.05, 0.1) is 11.3 Å². The largest absolute Gasteiger partial charge is 0.366 e.